The van der Waals surface area contributed by atoms with Gasteiger partial charge in [-0.3, -0.25) is 4.79 Å². The lowest BCUT2D eigenvalue weighted by Crippen LogP contribution is -2.31. The molecule has 1 aromatic carbocycles. The molecule has 29 heavy (non-hydrogen) atoms. The fraction of sp³-hybridized carbons (Fsp3) is 0.421. The first-order chi connectivity index (χ1) is 13.9. The van der Waals surface area contributed by atoms with E-state index in [1.807, 2.05) is 0 Å². The van der Waals surface area contributed by atoms with E-state index in [1.54, 1.807) is 26.0 Å². The minimum atomic E-state index is -0.695. The number of amides is 1. The highest BCUT2D eigenvalue weighted by Crippen LogP contribution is 2.43. The van der Waals surface area contributed by atoms with Crippen molar-refractivity contribution in [2.45, 2.75) is 19.9 Å². The normalized spacial score (nSPS) is 15.9. The number of thioether (sulfide) groups is 1. The molecule has 0 aliphatic carbocycles. The number of rotatable bonds is 8. The molecule has 0 radical (unpaired) electrons. The fourth-order valence-electron chi connectivity index (χ4n) is 2.83. The first-order valence-electron chi connectivity index (χ1n) is 8.79. The van der Waals surface area contributed by atoms with E-state index in [9.17, 15) is 9.59 Å². The van der Waals surface area contributed by atoms with Crippen molar-refractivity contribution in [3.05, 3.63) is 29.0 Å². The number of ether oxygens (including phenoxy) is 4. The summed E-state index contributed by atoms with van der Waals surface area (Å²) >= 11 is 1.15. The Morgan fingerprint density at radius 1 is 1.17 bits per heavy atom. The summed E-state index contributed by atoms with van der Waals surface area (Å²) in [6.45, 7) is 3.71. The average molecular weight is 423 g/mol. The second-order valence-electron chi connectivity index (χ2n) is 5.93. The van der Waals surface area contributed by atoms with Crippen LogP contribution in [0.1, 0.15) is 25.5 Å². The number of esters is 1. The van der Waals surface area contributed by atoms with E-state index in [1.165, 1.54) is 21.3 Å². The zero-order valence-electron chi connectivity index (χ0n) is 17.0. The monoisotopic (exact) mass is 423 g/mol. The number of hydrogen-bond donors (Lipinski definition) is 2. The van der Waals surface area contributed by atoms with Crippen LogP contribution in [0.15, 0.2) is 28.4 Å². The molecule has 0 aromatic heterocycles. The number of benzene rings is 1. The second-order valence-corrected chi connectivity index (χ2v) is 6.90. The first-order valence-corrected chi connectivity index (χ1v) is 9.78. The molecule has 158 valence electrons. The molecule has 0 saturated carbocycles. The quantitative estimate of drug-likeness (QED) is 0.607. The molecule has 1 amide bonds. The lowest BCUT2D eigenvalue weighted by molar-refractivity contribution is -0.139. The molecule has 0 fully saturated rings. The summed E-state index contributed by atoms with van der Waals surface area (Å²) in [5.74, 6) is 0.389. The maximum atomic E-state index is 12.6. The molecule has 10 heteroatoms. The van der Waals surface area contributed by atoms with Crippen molar-refractivity contribution in [3.8, 4) is 17.2 Å². The third-order valence-corrected chi connectivity index (χ3v) is 4.98. The van der Waals surface area contributed by atoms with E-state index in [2.05, 4.69) is 10.3 Å². The van der Waals surface area contributed by atoms with Crippen LogP contribution in [0.5, 0.6) is 17.2 Å². The summed E-state index contributed by atoms with van der Waals surface area (Å²) in [6, 6.07) is 2.76. The maximum absolute atomic E-state index is 12.6. The van der Waals surface area contributed by atoms with Crippen LogP contribution in [0.25, 0.3) is 0 Å². The zero-order valence-corrected chi connectivity index (χ0v) is 17.8. The highest BCUT2D eigenvalue weighted by Gasteiger charge is 2.32. The van der Waals surface area contributed by atoms with Crippen LogP contribution in [-0.2, 0) is 14.3 Å². The van der Waals surface area contributed by atoms with E-state index in [4.69, 9.17) is 24.7 Å². The number of carbonyl (C=O) groups excluding carboxylic acids is 2. The van der Waals surface area contributed by atoms with Gasteiger partial charge in [0.25, 0.3) is 0 Å². The minimum absolute atomic E-state index is 0.0514. The maximum Gasteiger partial charge on any atom is 0.338 e. The van der Waals surface area contributed by atoms with Crippen molar-refractivity contribution in [2.75, 3.05) is 33.7 Å². The SMILES string of the molecule is CCOC(=O)C1=C(C)NC(SCC(N)=O)=N[C@@H]1c1cc(OC)c(OC)c(OC)c1. The zero-order chi connectivity index (χ0) is 21.6. The number of nitrogens with two attached hydrogens (primary N) is 1. The van der Waals surface area contributed by atoms with Crippen LogP contribution in [0.3, 0.4) is 0 Å². The van der Waals surface area contributed by atoms with Gasteiger partial charge in [0.2, 0.25) is 11.7 Å². The van der Waals surface area contributed by atoms with E-state index in [-0.39, 0.29) is 12.4 Å². The van der Waals surface area contributed by atoms with Crippen LogP contribution in [0.2, 0.25) is 0 Å². The largest absolute Gasteiger partial charge is 0.493 e. The van der Waals surface area contributed by atoms with Crippen molar-refractivity contribution < 1.29 is 28.5 Å². The number of nitrogens with zero attached hydrogens (tertiary/aromatic N) is 1. The van der Waals surface area contributed by atoms with Gasteiger partial charge in [-0.15, -0.1) is 0 Å². The molecule has 1 aromatic rings. The molecule has 0 unspecified atom stereocenters. The average Bonchev–Trinajstić information content (AvgIpc) is 2.70. The Balaban J connectivity index is 2.59. The van der Waals surface area contributed by atoms with Crippen LogP contribution in [0.4, 0.5) is 0 Å². The topological polar surface area (TPSA) is 121 Å². The molecule has 3 N–H and O–H groups in total. The Bertz CT molecular complexity index is 827. The molecule has 2 rings (SSSR count). The Kier molecular flexibility index (Phi) is 7.77. The van der Waals surface area contributed by atoms with Crippen molar-refractivity contribution in [3.63, 3.8) is 0 Å². The summed E-state index contributed by atoms with van der Waals surface area (Å²) in [4.78, 5) is 28.4. The number of allylic oxidation sites excluding steroid dienone is 1. The smallest absolute Gasteiger partial charge is 0.338 e. The van der Waals surface area contributed by atoms with Crippen molar-refractivity contribution in [1.82, 2.24) is 5.32 Å². The molecular formula is C19H25N3O6S. The molecule has 1 atom stereocenters. The van der Waals surface area contributed by atoms with Gasteiger partial charge in [-0.05, 0) is 31.5 Å². The van der Waals surface area contributed by atoms with Gasteiger partial charge in [0.15, 0.2) is 16.7 Å². The van der Waals surface area contributed by atoms with E-state index < -0.39 is 17.9 Å². The highest BCUT2D eigenvalue weighted by molar-refractivity contribution is 8.14. The number of carbonyl (C=O) groups is 2. The number of amidine groups is 1. The summed E-state index contributed by atoms with van der Waals surface area (Å²) in [6.07, 6.45) is 0. The molecular weight excluding hydrogens is 398 g/mol. The van der Waals surface area contributed by atoms with Gasteiger partial charge in [0.1, 0.15) is 6.04 Å². The molecule has 0 spiro atoms. The summed E-state index contributed by atoms with van der Waals surface area (Å²) in [5.41, 5.74) is 6.80. The third-order valence-electron chi connectivity index (χ3n) is 4.07. The standard InChI is InChI=1S/C19H25N3O6S/c1-6-28-18(24)15-10(2)21-19(29-9-14(20)23)22-16(15)11-7-12(25-3)17(27-5)13(8-11)26-4/h7-8,16H,6,9H2,1-5H3,(H2,20,23)(H,21,22)/t16-/m1/s1. The lowest BCUT2D eigenvalue weighted by atomic mass is 9.96. The van der Waals surface area contributed by atoms with Gasteiger partial charge in [-0.25, -0.2) is 9.79 Å². The molecule has 0 saturated heterocycles. The fourth-order valence-corrected chi connectivity index (χ4v) is 3.52. The van der Waals surface area contributed by atoms with Gasteiger partial charge in [0.05, 0.1) is 39.3 Å². The van der Waals surface area contributed by atoms with Crippen molar-refractivity contribution in [1.29, 1.82) is 0 Å². The molecule has 9 nitrogen and oxygen atoms in total. The lowest BCUT2D eigenvalue weighted by Gasteiger charge is -2.26. The van der Waals surface area contributed by atoms with E-state index in [0.717, 1.165) is 11.8 Å². The van der Waals surface area contributed by atoms with Crippen molar-refractivity contribution in [2.24, 2.45) is 10.7 Å². The Hall–Kier alpha value is -2.88. The van der Waals surface area contributed by atoms with Crippen molar-refractivity contribution >= 4 is 28.8 Å². The molecule has 0 bridgehead atoms. The predicted molar refractivity (Wildman–Crippen MR) is 110 cm³/mol. The molecule has 1 aliphatic heterocycles. The number of primary amides is 1. The minimum Gasteiger partial charge on any atom is -0.493 e. The summed E-state index contributed by atoms with van der Waals surface area (Å²) in [7, 11) is 4.53. The number of methoxy groups -OCH3 is 3. The molecule has 1 heterocycles. The van der Waals surface area contributed by atoms with Gasteiger partial charge >= 0.3 is 5.97 Å². The summed E-state index contributed by atoms with van der Waals surface area (Å²) < 4.78 is 21.4. The van der Waals surface area contributed by atoms with Crippen LogP contribution < -0.4 is 25.3 Å². The van der Waals surface area contributed by atoms with Gasteiger partial charge < -0.3 is 30.0 Å². The van der Waals surface area contributed by atoms with Crippen LogP contribution in [-0.4, -0.2) is 50.7 Å². The number of aliphatic imine (C=N–C) groups is 1. The van der Waals surface area contributed by atoms with E-state index >= 15 is 0 Å². The Labute approximate surface area is 173 Å². The Morgan fingerprint density at radius 2 is 1.79 bits per heavy atom. The summed E-state index contributed by atoms with van der Waals surface area (Å²) in [5, 5.41) is 3.50. The second kappa shape index (κ2) is 10.1. The number of hydrogen-bond acceptors (Lipinski definition) is 9. The van der Waals surface area contributed by atoms with Crippen LogP contribution >= 0.6 is 11.8 Å². The van der Waals surface area contributed by atoms with Crippen LogP contribution in [0, 0.1) is 0 Å². The predicted octanol–water partition coefficient (Wildman–Crippen LogP) is 1.77. The van der Waals surface area contributed by atoms with Gasteiger partial charge in [-0.1, -0.05) is 11.8 Å². The van der Waals surface area contributed by atoms with E-state index in [0.29, 0.717) is 39.2 Å². The van der Waals surface area contributed by atoms with Gasteiger partial charge in [-0.2, -0.15) is 0 Å². The highest BCUT2D eigenvalue weighted by atomic mass is 32.2. The Morgan fingerprint density at radius 3 is 2.28 bits per heavy atom. The number of nitrogens with one attached hydrogen (secondary N) is 1. The third kappa shape index (κ3) is 5.14. The van der Waals surface area contributed by atoms with Gasteiger partial charge in [0, 0.05) is 5.70 Å². The molecule has 1 aliphatic rings. The first kappa shape index (κ1) is 22.4.